The molecule has 1 aliphatic heterocycles. The van der Waals surface area contributed by atoms with Crippen LogP contribution in [0.5, 0.6) is 0 Å². The predicted octanol–water partition coefficient (Wildman–Crippen LogP) is 3.60. The molecule has 0 spiro atoms. The number of carbonyl (C=O) groups is 3. The van der Waals surface area contributed by atoms with Crippen LogP contribution in [0.3, 0.4) is 0 Å². The molecule has 0 radical (unpaired) electrons. The molecular weight excluding hydrogens is 427 g/mol. The number of amides is 3. The van der Waals surface area contributed by atoms with E-state index in [9.17, 15) is 14.4 Å². The largest absolute Gasteiger partial charge is 0.352 e. The lowest BCUT2D eigenvalue weighted by atomic mass is 9.79. The smallest absolute Gasteiger partial charge is 0.268 e. The molecule has 2 aliphatic rings. The van der Waals surface area contributed by atoms with Crippen molar-refractivity contribution in [3.05, 3.63) is 34.3 Å². The first-order valence-electron chi connectivity index (χ1n) is 9.55. The monoisotopic (exact) mass is 452 g/mol. The van der Waals surface area contributed by atoms with Gasteiger partial charge in [-0.1, -0.05) is 55.8 Å². The Kier molecular flexibility index (Phi) is 5.42. The topological polar surface area (TPSA) is 66.5 Å². The summed E-state index contributed by atoms with van der Waals surface area (Å²) in [7, 11) is 0. The van der Waals surface area contributed by atoms with Gasteiger partial charge in [0.1, 0.15) is 0 Å². The molecule has 3 rings (SSSR count). The number of nitrogens with zero attached hydrogens (tertiary/aromatic N) is 1. The molecule has 0 bridgehead atoms. The molecule has 1 aliphatic carbocycles. The minimum Gasteiger partial charge on any atom is -0.352 e. The summed E-state index contributed by atoms with van der Waals surface area (Å²) in [5.74, 6) is -2.74. The van der Waals surface area contributed by atoms with Gasteiger partial charge in [-0.2, -0.15) is 0 Å². The van der Waals surface area contributed by atoms with Crippen molar-refractivity contribution in [2.24, 2.45) is 17.3 Å². The van der Waals surface area contributed by atoms with Crippen molar-refractivity contribution in [3.8, 4) is 0 Å². The maximum atomic E-state index is 15.3. The first-order chi connectivity index (χ1) is 13.0. The number of benzene rings is 1. The van der Waals surface area contributed by atoms with Gasteiger partial charge in [-0.15, -0.1) is 0 Å². The molecule has 0 aromatic heterocycles. The number of rotatable bonds is 5. The van der Waals surface area contributed by atoms with E-state index in [4.69, 9.17) is 0 Å². The third-order valence-electron chi connectivity index (χ3n) is 5.75. The highest BCUT2D eigenvalue weighted by atomic mass is 79.9. The van der Waals surface area contributed by atoms with Gasteiger partial charge >= 0.3 is 0 Å². The fraction of sp³-hybridized carbons (Fsp3) is 0.571. The van der Waals surface area contributed by atoms with Crippen LogP contribution in [0.4, 0.5) is 4.39 Å². The zero-order valence-electron chi connectivity index (χ0n) is 16.6. The van der Waals surface area contributed by atoms with E-state index in [2.05, 4.69) is 21.2 Å². The standard InChI is InChI=1S/C21H26BrFN2O3/c1-12(2)17-20(3,4)10-16(26)25(17)19(28)21(23)9-15(21)18(27)24-11-13-5-7-14(22)8-6-13/h5-8,12,15,17H,9-11H2,1-4H3,(H,24,27)/t15-,17-,21-/m0/s1. The molecule has 1 saturated heterocycles. The van der Waals surface area contributed by atoms with E-state index >= 15 is 4.39 Å². The maximum absolute atomic E-state index is 15.3. The van der Waals surface area contributed by atoms with Crippen LogP contribution in [0, 0.1) is 17.3 Å². The molecule has 5 nitrogen and oxygen atoms in total. The number of alkyl halides is 1. The summed E-state index contributed by atoms with van der Waals surface area (Å²) in [5, 5.41) is 2.69. The molecule has 1 N–H and O–H groups in total. The third kappa shape index (κ3) is 3.73. The van der Waals surface area contributed by atoms with Gasteiger partial charge in [0, 0.05) is 29.9 Å². The summed E-state index contributed by atoms with van der Waals surface area (Å²) in [6, 6.07) is 7.04. The van der Waals surface area contributed by atoms with Crippen LogP contribution in [0.2, 0.25) is 0 Å². The Morgan fingerprint density at radius 3 is 2.46 bits per heavy atom. The number of hydrogen-bond donors (Lipinski definition) is 1. The molecular formula is C21H26BrFN2O3. The van der Waals surface area contributed by atoms with Crippen LogP contribution >= 0.6 is 15.9 Å². The van der Waals surface area contributed by atoms with Crippen molar-refractivity contribution in [3.63, 3.8) is 0 Å². The Hall–Kier alpha value is -1.76. The Morgan fingerprint density at radius 2 is 1.89 bits per heavy atom. The lowest BCUT2D eigenvalue weighted by Gasteiger charge is -2.35. The Labute approximate surface area is 173 Å². The number of nitrogens with one attached hydrogen (secondary N) is 1. The molecule has 152 valence electrons. The zero-order valence-corrected chi connectivity index (χ0v) is 18.2. The van der Waals surface area contributed by atoms with Crippen LogP contribution in [0.15, 0.2) is 28.7 Å². The number of hydrogen-bond acceptors (Lipinski definition) is 3. The third-order valence-corrected chi connectivity index (χ3v) is 6.28. The fourth-order valence-corrected chi connectivity index (χ4v) is 4.68. The lowest BCUT2D eigenvalue weighted by molar-refractivity contribution is -0.151. The van der Waals surface area contributed by atoms with Crippen LogP contribution < -0.4 is 5.32 Å². The molecule has 1 aromatic rings. The highest BCUT2D eigenvalue weighted by Crippen LogP contribution is 2.52. The minimum absolute atomic E-state index is 0.0115. The van der Waals surface area contributed by atoms with Gasteiger partial charge in [0.05, 0.1) is 5.92 Å². The molecule has 1 saturated carbocycles. The molecule has 3 amide bonds. The molecule has 1 aromatic carbocycles. The Morgan fingerprint density at radius 1 is 1.29 bits per heavy atom. The van der Waals surface area contributed by atoms with Gasteiger partial charge in [-0.3, -0.25) is 19.3 Å². The van der Waals surface area contributed by atoms with Gasteiger partial charge in [0.15, 0.2) is 0 Å². The number of imide groups is 1. The highest BCUT2D eigenvalue weighted by Gasteiger charge is 2.68. The first-order valence-corrected chi connectivity index (χ1v) is 10.3. The van der Waals surface area contributed by atoms with Gasteiger partial charge in [0.2, 0.25) is 17.5 Å². The summed E-state index contributed by atoms with van der Waals surface area (Å²) < 4.78 is 16.2. The summed E-state index contributed by atoms with van der Waals surface area (Å²) in [6.45, 7) is 7.94. The Balaban J connectivity index is 1.67. The second kappa shape index (κ2) is 7.25. The SMILES string of the molecule is CC(C)[C@@H]1N(C(=O)[C@]2(F)C[C@H]2C(=O)NCc2ccc(Br)cc2)C(=O)CC1(C)C. The van der Waals surface area contributed by atoms with E-state index < -0.39 is 28.8 Å². The molecule has 28 heavy (non-hydrogen) atoms. The summed E-state index contributed by atoms with van der Waals surface area (Å²) in [6.07, 6.45) is 0.0329. The van der Waals surface area contributed by atoms with Gasteiger partial charge in [-0.05, 0) is 29.0 Å². The molecule has 3 atom stereocenters. The van der Waals surface area contributed by atoms with E-state index in [0.717, 1.165) is 14.9 Å². The van der Waals surface area contributed by atoms with Crippen LogP contribution in [-0.2, 0) is 20.9 Å². The van der Waals surface area contributed by atoms with Crippen molar-refractivity contribution < 1.29 is 18.8 Å². The zero-order chi connectivity index (χ0) is 20.9. The lowest BCUT2D eigenvalue weighted by Crippen LogP contribution is -2.50. The Bertz CT molecular complexity index is 808. The fourth-order valence-electron chi connectivity index (χ4n) is 4.41. The van der Waals surface area contributed by atoms with Crippen molar-refractivity contribution in [2.75, 3.05) is 0 Å². The number of carbonyl (C=O) groups excluding carboxylic acids is 3. The molecule has 0 unspecified atom stereocenters. The second-order valence-electron chi connectivity index (χ2n) is 8.89. The van der Waals surface area contributed by atoms with E-state index in [-0.39, 0.29) is 37.3 Å². The highest BCUT2D eigenvalue weighted by molar-refractivity contribution is 9.10. The van der Waals surface area contributed by atoms with Crippen molar-refractivity contribution >= 4 is 33.7 Å². The minimum atomic E-state index is -2.28. The van der Waals surface area contributed by atoms with Crippen molar-refractivity contribution in [1.29, 1.82) is 0 Å². The van der Waals surface area contributed by atoms with E-state index in [1.807, 2.05) is 52.0 Å². The number of likely N-dealkylation sites (tertiary alicyclic amines) is 1. The van der Waals surface area contributed by atoms with Gasteiger partial charge in [-0.25, -0.2) is 4.39 Å². The first kappa shape index (κ1) is 21.0. The molecule has 2 fully saturated rings. The van der Waals surface area contributed by atoms with Gasteiger partial charge < -0.3 is 5.32 Å². The maximum Gasteiger partial charge on any atom is 0.268 e. The van der Waals surface area contributed by atoms with E-state index in [1.165, 1.54) is 0 Å². The van der Waals surface area contributed by atoms with Crippen molar-refractivity contribution in [2.45, 2.75) is 58.8 Å². The van der Waals surface area contributed by atoms with E-state index in [1.54, 1.807) is 0 Å². The van der Waals surface area contributed by atoms with E-state index in [0.29, 0.717) is 0 Å². The average Bonchev–Trinajstić information content (AvgIpc) is 3.23. The molecule has 1 heterocycles. The van der Waals surface area contributed by atoms with Gasteiger partial charge in [0.25, 0.3) is 5.91 Å². The van der Waals surface area contributed by atoms with Crippen LogP contribution in [-0.4, -0.2) is 34.3 Å². The predicted molar refractivity (Wildman–Crippen MR) is 107 cm³/mol. The van der Waals surface area contributed by atoms with Crippen LogP contribution in [0.1, 0.15) is 46.1 Å². The summed E-state index contributed by atoms with van der Waals surface area (Å²) >= 11 is 3.34. The summed E-state index contributed by atoms with van der Waals surface area (Å²) in [5.41, 5.74) is -1.82. The summed E-state index contributed by atoms with van der Waals surface area (Å²) in [4.78, 5) is 38.9. The second-order valence-corrected chi connectivity index (χ2v) is 9.80. The number of halogens is 2. The van der Waals surface area contributed by atoms with Crippen molar-refractivity contribution in [1.82, 2.24) is 10.2 Å². The average molecular weight is 453 g/mol. The normalized spacial score (nSPS) is 28.5. The molecule has 7 heteroatoms. The quantitative estimate of drug-likeness (QED) is 0.693. The van der Waals surface area contributed by atoms with Crippen LogP contribution in [0.25, 0.3) is 0 Å².